The average molecular weight is 276 g/mol. The number of rotatable bonds is 7. The highest BCUT2D eigenvalue weighted by Crippen LogP contribution is 2.11. The number of carbonyl (C=O) groups excluding carboxylic acids is 1. The fourth-order valence-electron chi connectivity index (χ4n) is 2.35. The molecule has 0 unspecified atom stereocenters. The van der Waals surface area contributed by atoms with Crippen molar-refractivity contribution in [1.82, 2.24) is 10.2 Å². The number of carboxylic acid groups (broad SMARTS) is 1. The molecule has 1 atom stereocenters. The Hall–Kier alpha value is -2.04. The van der Waals surface area contributed by atoms with Crippen molar-refractivity contribution >= 4 is 12.0 Å². The van der Waals surface area contributed by atoms with Crippen LogP contribution in [0.15, 0.2) is 30.3 Å². The molecule has 1 heterocycles. The summed E-state index contributed by atoms with van der Waals surface area (Å²) >= 11 is 0. The molecule has 108 valence electrons. The fourth-order valence-corrected chi connectivity index (χ4v) is 2.35. The maximum atomic E-state index is 11.2. The first kappa shape index (κ1) is 14.4. The van der Waals surface area contributed by atoms with Crippen LogP contribution in [-0.2, 0) is 11.2 Å². The van der Waals surface area contributed by atoms with Crippen LogP contribution in [0.3, 0.4) is 0 Å². The molecule has 5 nitrogen and oxygen atoms in total. The van der Waals surface area contributed by atoms with Crippen molar-refractivity contribution in [3.63, 3.8) is 0 Å². The van der Waals surface area contributed by atoms with Crippen molar-refractivity contribution < 1.29 is 14.7 Å². The Kier molecular flexibility index (Phi) is 4.98. The van der Waals surface area contributed by atoms with Gasteiger partial charge in [-0.2, -0.15) is 0 Å². The van der Waals surface area contributed by atoms with Gasteiger partial charge in [-0.25, -0.2) is 4.79 Å². The van der Waals surface area contributed by atoms with Crippen molar-refractivity contribution in [2.75, 3.05) is 13.1 Å². The van der Waals surface area contributed by atoms with Crippen LogP contribution < -0.4 is 5.32 Å². The maximum absolute atomic E-state index is 11.2. The minimum Gasteiger partial charge on any atom is -0.465 e. The molecule has 0 aliphatic carbocycles. The number of carbonyl (C=O) groups is 2. The topological polar surface area (TPSA) is 69.6 Å². The predicted molar refractivity (Wildman–Crippen MR) is 75.5 cm³/mol. The molecule has 1 fully saturated rings. The highest BCUT2D eigenvalue weighted by atomic mass is 16.4. The van der Waals surface area contributed by atoms with Gasteiger partial charge in [-0.15, -0.1) is 0 Å². The molecule has 1 aromatic carbocycles. The second kappa shape index (κ2) is 6.93. The van der Waals surface area contributed by atoms with Crippen molar-refractivity contribution in [3.05, 3.63) is 35.9 Å². The fraction of sp³-hybridized carbons (Fsp3) is 0.467. The molecule has 1 aliphatic heterocycles. The second-order valence-corrected chi connectivity index (χ2v) is 5.03. The molecule has 0 saturated carbocycles. The molecule has 1 aromatic rings. The summed E-state index contributed by atoms with van der Waals surface area (Å²) in [6.07, 6.45) is 2.80. The van der Waals surface area contributed by atoms with Crippen molar-refractivity contribution in [1.29, 1.82) is 0 Å². The minimum absolute atomic E-state index is 0.184. The van der Waals surface area contributed by atoms with E-state index in [1.165, 1.54) is 10.5 Å². The number of benzene rings is 1. The van der Waals surface area contributed by atoms with E-state index in [1.807, 2.05) is 18.2 Å². The number of nitrogens with zero attached hydrogens (tertiary/aromatic N) is 1. The highest BCUT2D eigenvalue weighted by molar-refractivity contribution is 5.90. The van der Waals surface area contributed by atoms with Crippen LogP contribution in [0.1, 0.15) is 24.8 Å². The summed E-state index contributed by atoms with van der Waals surface area (Å²) in [6.45, 7) is 0.872. The SMILES string of the molecule is O=C1NC[C@H]1N(CCCCCc1ccccc1)C(=O)O. The molecule has 1 aliphatic rings. The molecule has 2 N–H and O–H groups in total. The van der Waals surface area contributed by atoms with E-state index in [1.54, 1.807) is 0 Å². The van der Waals surface area contributed by atoms with Gasteiger partial charge in [0.15, 0.2) is 0 Å². The van der Waals surface area contributed by atoms with Crippen LogP contribution in [0.2, 0.25) is 0 Å². The molecule has 0 aromatic heterocycles. The summed E-state index contributed by atoms with van der Waals surface area (Å²) < 4.78 is 0. The Balaban J connectivity index is 1.66. The smallest absolute Gasteiger partial charge is 0.408 e. The zero-order valence-corrected chi connectivity index (χ0v) is 11.4. The molecule has 20 heavy (non-hydrogen) atoms. The Morgan fingerprint density at radius 2 is 2.00 bits per heavy atom. The number of hydrogen-bond acceptors (Lipinski definition) is 2. The summed E-state index contributed by atoms with van der Waals surface area (Å²) in [6, 6.07) is 9.76. The van der Waals surface area contributed by atoms with Crippen LogP contribution in [0.25, 0.3) is 0 Å². The Morgan fingerprint density at radius 3 is 2.55 bits per heavy atom. The van der Waals surface area contributed by atoms with Crippen molar-refractivity contribution in [3.8, 4) is 0 Å². The zero-order chi connectivity index (χ0) is 14.4. The van der Waals surface area contributed by atoms with E-state index in [0.717, 1.165) is 25.7 Å². The lowest BCUT2D eigenvalue weighted by molar-refractivity contribution is -0.132. The average Bonchev–Trinajstić information content (AvgIpc) is 2.44. The van der Waals surface area contributed by atoms with E-state index in [2.05, 4.69) is 17.4 Å². The Morgan fingerprint density at radius 1 is 1.25 bits per heavy atom. The van der Waals surface area contributed by atoms with Crippen molar-refractivity contribution in [2.24, 2.45) is 0 Å². The van der Waals surface area contributed by atoms with E-state index >= 15 is 0 Å². The minimum atomic E-state index is -1.01. The van der Waals surface area contributed by atoms with Crippen LogP contribution >= 0.6 is 0 Å². The summed E-state index contributed by atoms with van der Waals surface area (Å²) in [5.41, 5.74) is 1.31. The van der Waals surface area contributed by atoms with Gasteiger partial charge in [0.2, 0.25) is 5.91 Å². The number of nitrogens with one attached hydrogen (secondary N) is 1. The van der Waals surface area contributed by atoms with Gasteiger partial charge in [-0.05, 0) is 24.8 Å². The number of unbranched alkanes of at least 4 members (excludes halogenated alkanes) is 2. The molecule has 0 radical (unpaired) electrons. The van der Waals surface area contributed by atoms with Gasteiger partial charge in [0.1, 0.15) is 6.04 Å². The van der Waals surface area contributed by atoms with Gasteiger partial charge < -0.3 is 10.4 Å². The van der Waals surface area contributed by atoms with Gasteiger partial charge in [0.25, 0.3) is 0 Å². The van der Waals surface area contributed by atoms with Crippen LogP contribution in [-0.4, -0.2) is 41.1 Å². The first-order valence-corrected chi connectivity index (χ1v) is 6.99. The molecular weight excluding hydrogens is 256 g/mol. The number of aryl methyl sites for hydroxylation is 1. The predicted octanol–water partition coefficient (Wildman–Crippen LogP) is 1.88. The van der Waals surface area contributed by atoms with E-state index in [-0.39, 0.29) is 5.91 Å². The lowest BCUT2D eigenvalue weighted by atomic mass is 10.1. The van der Waals surface area contributed by atoms with Gasteiger partial charge in [-0.3, -0.25) is 9.69 Å². The van der Waals surface area contributed by atoms with Gasteiger partial charge in [0, 0.05) is 13.1 Å². The van der Waals surface area contributed by atoms with Gasteiger partial charge in [0.05, 0.1) is 0 Å². The molecule has 0 spiro atoms. The van der Waals surface area contributed by atoms with Gasteiger partial charge in [-0.1, -0.05) is 36.8 Å². The monoisotopic (exact) mass is 276 g/mol. The Labute approximate surface area is 118 Å². The van der Waals surface area contributed by atoms with Crippen LogP contribution in [0, 0.1) is 0 Å². The van der Waals surface area contributed by atoms with E-state index in [4.69, 9.17) is 5.11 Å². The van der Waals surface area contributed by atoms with E-state index < -0.39 is 12.1 Å². The normalized spacial score (nSPS) is 17.2. The first-order chi connectivity index (χ1) is 9.68. The highest BCUT2D eigenvalue weighted by Gasteiger charge is 2.35. The van der Waals surface area contributed by atoms with Crippen LogP contribution in [0.5, 0.6) is 0 Å². The van der Waals surface area contributed by atoms with Crippen molar-refractivity contribution in [2.45, 2.75) is 31.7 Å². The third-order valence-corrected chi connectivity index (χ3v) is 3.60. The lowest BCUT2D eigenvalue weighted by Crippen LogP contribution is -2.63. The molecule has 5 heteroatoms. The van der Waals surface area contributed by atoms with Gasteiger partial charge >= 0.3 is 6.09 Å². The Bertz CT molecular complexity index is 461. The van der Waals surface area contributed by atoms with Crippen LogP contribution in [0.4, 0.5) is 4.79 Å². The number of amides is 2. The largest absolute Gasteiger partial charge is 0.465 e. The number of hydrogen-bond donors (Lipinski definition) is 2. The molecule has 2 amide bonds. The zero-order valence-electron chi connectivity index (χ0n) is 11.4. The summed E-state index contributed by atoms with van der Waals surface area (Å²) in [4.78, 5) is 23.6. The maximum Gasteiger partial charge on any atom is 0.408 e. The third-order valence-electron chi connectivity index (χ3n) is 3.60. The lowest BCUT2D eigenvalue weighted by Gasteiger charge is -2.34. The summed E-state index contributed by atoms with van der Waals surface area (Å²) in [5.74, 6) is -0.184. The van der Waals surface area contributed by atoms with E-state index in [9.17, 15) is 9.59 Å². The molecule has 1 saturated heterocycles. The molecule has 2 rings (SSSR count). The first-order valence-electron chi connectivity index (χ1n) is 6.99. The number of β-lactam (4-membered cyclic amide) rings is 1. The standard InChI is InChI=1S/C15H20N2O3/c18-14-13(11-16-14)17(15(19)20)10-6-2-5-9-12-7-3-1-4-8-12/h1,3-4,7-8,13H,2,5-6,9-11H2,(H,16,18)(H,19,20)/t13-/m1/s1. The summed E-state index contributed by atoms with van der Waals surface area (Å²) in [5, 5.41) is 11.7. The molecular formula is C15H20N2O3. The summed E-state index contributed by atoms with van der Waals surface area (Å²) in [7, 11) is 0. The van der Waals surface area contributed by atoms with E-state index in [0.29, 0.717) is 13.1 Å². The molecule has 0 bridgehead atoms. The third kappa shape index (κ3) is 3.73. The quantitative estimate of drug-likeness (QED) is 0.590. The second-order valence-electron chi connectivity index (χ2n) is 5.03.